The monoisotopic (exact) mass is 280 g/mol. The first kappa shape index (κ1) is 12.7. The zero-order chi connectivity index (χ0) is 13.5. The Hall–Kier alpha value is -1.29. The van der Waals surface area contributed by atoms with Crippen LogP contribution in [0.1, 0.15) is 36.0 Å². The number of nitrogens with zero attached hydrogens (tertiary/aromatic N) is 2. The lowest BCUT2D eigenvalue weighted by molar-refractivity contribution is 0.0601. The van der Waals surface area contributed by atoms with Crippen molar-refractivity contribution in [3.8, 4) is 0 Å². The van der Waals surface area contributed by atoms with E-state index in [1.54, 1.807) is 12.1 Å². The van der Waals surface area contributed by atoms with Crippen LogP contribution in [0.3, 0.4) is 0 Å². The Labute approximate surface area is 117 Å². The molecule has 1 spiro atoms. The number of esters is 1. The number of methoxy groups -OCH3 is 1. The van der Waals surface area contributed by atoms with Crippen molar-refractivity contribution in [3.05, 3.63) is 22.8 Å². The molecule has 1 aromatic heterocycles. The molecule has 4 nitrogen and oxygen atoms in total. The summed E-state index contributed by atoms with van der Waals surface area (Å²) in [6, 6.07) is 3.32. The van der Waals surface area contributed by atoms with Gasteiger partial charge in [0.1, 0.15) is 16.5 Å². The minimum atomic E-state index is -0.356. The summed E-state index contributed by atoms with van der Waals surface area (Å²) in [6.07, 6.45) is 5.07. The quantitative estimate of drug-likeness (QED) is 0.617. The van der Waals surface area contributed by atoms with Crippen LogP contribution in [0.2, 0.25) is 5.15 Å². The van der Waals surface area contributed by atoms with Crippen LogP contribution in [-0.4, -0.2) is 31.2 Å². The van der Waals surface area contributed by atoms with E-state index in [0.29, 0.717) is 21.9 Å². The molecule has 0 radical (unpaired) electrons. The van der Waals surface area contributed by atoms with E-state index in [1.165, 1.54) is 32.8 Å². The zero-order valence-corrected chi connectivity index (χ0v) is 11.7. The van der Waals surface area contributed by atoms with Crippen molar-refractivity contribution in [2.75, 3.05) is 25.1 Å². The second-order valence-corrected chi connectivity index (χ2v) is 5.87. The molecule has 0 amide bonds. The van der Waals surface area contributed by atoms with Gasteiger partial charge in [-0.25, -0.2) is 9.78 Å². The van der Waals surface area contributed by atoms with Crippen molar-refractivity contribution in [3.63, 3.8) is 0 Å². The Kier molecular flexibility index (Phi) is 3.13. The zero-order valence-electron chi connectivity index (χ0n) is 11.0. The highest BCUT2D eigenvalue weighted by molar-refractivity contribution is 6.29. The molecule has 1 aliphatic carbocycles. The summed E-state index contributed by atoms with van der Waals surface area (Å²) >= 11 is 5.96. The number of halogens is 1. The molecule has 2 heterocycles. The first-order valence-corrected chi connectivity index (χ1v) is 7.01. The molecule has 0 N–H and O–H groups in total. The summed E-state index contributed by atoms with van der Waals surface area (Å²) in [7, 11) is 1.39. The number of carbonyl (C=O) groups is 1. The minimum Gasteiger partial charge on any atom is -0.465 e. The van der Waals surface area contributed by atoms with E-state index < -0.39 is 0 Å². The standard InChI is InChI=1S/C14H17ClN2O2/c1-19-13(18)10-2-3-11(15)16-12(10)17-8-6-14(4-5-14)7-9-17/h2-3H,4-9H2,1H3. The molecule has 1 aromatic rings. The van der Waals surface area contributed by atoms with Gasteiger partial charge in [-0.1, -0.05) is 11.6 Å². The summed E-state index contributed by atoms with van der Waals surface area (Å²) in [5.41, 5.74) is 1.10. The molecule has 0 bridgehead atoms. The lowest BCUT2D eigenvalue weighted by atomic mass is 9.93. The molecule has 2 aliphatic rings. The lowest BCUT2D eigenvalue weighted by Crippen LogP contribution is -2.36. The number of piperidine rings is 1. The van der Waals surface area contributed by atoms with Crippen LogP contribution < -0.4 is 4.90 Å². The van der Waals surface area contributed by atoms with Crippen molar-refractivity contribution in [2.45, 2.75) is 25.7 Å². The van der Waals surface area contributed by atoms with E-state index >= 15 is 0 Å². The smallest absolute Gasteiger partial charge is 0.341 e. The van der Waals surface area contributed by atoms with E-state index in [1.807, 2.05) is 0 Å². The molecular weight excluding hydrogens is 264 g/mol. The fraction of sp³-hybridized carbons (Fsp3) is 0.571. The molecule has 1 saturated heterocycles. The van der Waals surface area contributed by atoms with Gasteiger partial charge in [0.15, 0.2) is 0 Å². The molecule has 3 rings (SSSR count). The highest BCUT2D eigenvalue weighted by atomic mass is 35.5. The van der Waals surface area contributed by atoms with Crippen molar-refractivity contribution < 1.29 is 9.53 Å². The van der Waals surface area contributed by atoms with Crippen LogP contribution in [0.4, 0.5) is 5.82 Å². The van der Waals surface area contributed by atoms with Gasteiger partial charge in [0.05, 0.1) is 7.11 Å². The van der Waals surface area contributed by atoms with Gasteiger partial charge < -0.3 is 9.64 Å². The topological polar surface area (TPSA) is 42.4 Å². The lowest BCUT2D eigenvalue weighted by Gasteiger charge is -2.33. The SMILES string of the molecule is COC(=O)c1ccc(Cl)nc1N1CCC2(CC1)CC2. The van der Waals surface area contributed by atoms with Crippen LogP contribution in [0.15, 0.2) is 12.1 Å². The fourth-order valence-electron chi connectivity index (χ4n) is 2.81. The fourth-order valence-corrected chi connectivity index (χ4v) is 2.95. The number of hydrogen-bond acceptors (Lipinski definition) is 4. The maximum atomic E-state index is 11.8. The summed E-state index contributed by atoms with van der Waals surface area (Å²) < 4.78 is 4.81. The van der Waals surface area contributed by atoms with Gasteiger partial charge in [-0.05, 0) is 43.2 Å². The molecule has 1 saturated carbocycles. The van der Waals surface area contributed by atoms with Gasteiger partial charge in [-0.2, -0.15) is 0 Å². The number of pyridine rings is 1. The second-order valence-electron chi connectivity index (χ2n) is 5.48. The van der Waals surface area contributed by atoms with Gasteiger partial charge in [0.25, 0.3) is 0 Å². The largest absolute Gasteiger partial charge is 0.465 e. The van der Waals surface area contributed by atoms with Crippen LogP contribution in [-0.2, 0) is 4.74 Å². The first-order chi connectivity index (χ1) is 9.13. The molecule has 0 aromatic carbocycles. The number of carbonyl (C=O) groups excluding carboxylic acids is 1. The van der Waals surface area contributed by atoms with E-state index in [0.717, 1.165) is 13.1 Å². The normalized spacial score (nSPS) is 20.4. The summed E-state index contributed by atoms with van der Waals surface area (Å²) in [5, 5.41) is 0.411. The van der Waals surface area contributed by atoms with Crippen LogP contribution >= 0.6 is 11.6 Å². The average Bonchev–Trinajstić information content (AvgIpc) is 3.18. The summed E-state index contributed by atoms with van der Waals surface area (Å²) in [6.45, 7) is 1.88. The third-order valence-electron chi connectivity index (χ3n) is 4.33. The number of rotatable bonds is 2. The number of hydrogen-bond donors (Lipinski definition) is 0. The third-order valence-corrected chi connectivity index (χ3v) is 4.54. The van der Waals surface area contributed by atoms with Crippen LogP contribution in [0.5, 0.6) is 0 Å². The molecule has 5 heteroatoms. The molecule has 0 unspecified atom stereocenters. The Balaban J connectivity index is 1.86. The Bertz CT molecular complexity index is 504. The minimum absolute atomic E-state index is 0.356. The molecule has 102 valence electrons. The molecule has 0 atom stereocenters. The van der Waals surface area contributed by atoms with Crippen LogP contribution in [0.25, 0.3) is 0 Å². The van der Waals surface area contributed by atoms with Gasteiger partial charge >= 0.3 is 5.97 Å². The van der Waals surface area contributed by atoms with E-state index in [9.17, 15) is 4.79 Å². The number of aromatic nitrogens is 1. The van der Waals surface area contributed by atoms with Crippen molar-refractivity contribution in [2.24, 2.45) is 5.41 Å². The highest BCUT2D eigenvalue weighted by Crippen LogP contribution is 2.53. The molecular formula is C14H17ClN2O2. The van der Waals surface area contributed by atoms with Crippen molar-refractivity contribution >= 4 is 23.4 Å². The third kappa shape index (κ3) is 2.41. The maximum Gasteiger partial charge on any atom is 0.341 e. The van der Waals surface area contributed by atoms with E-state index in [4.69, 9.17) is 16.3 Å². The Morgan fingerprint density at radius 2 is 2.00 bits per heavy atom. The van der Waals surface area contributed by atoms with Gasteiger partial charge in [0, 0.05) is 13.1 Å². The second kappa shape index (κ2) is 4.67. The van der Waals surface area contributed by atoms with Gasteiger partial charge in [-0.3, -0.25) is 0 Å². The van der Waals surface area contributed by atoms with Crippen LogP contribution in [0, 0.1) is 5.41 Å². The Morgan fingerprint density at radius 3 is 2.58 bits per heavy atom. The summed E-state index contributed by atoms with van der Waals surface area (Å²) in [5.74, 6) is 0.306. The molecule has 1 aliphatic heterocycles. The number of ether oxygens (including phenoxy) is 1. The predicted octanol–water partition coefficient (Wildman–Crippen LogP) is 2.90. The van der Waals surface area contributed by atoms with Gasteiger partial charge in [0.2, 0.25) is 0 Å². The molecule has 19 heavy (non-hydrogen) atoms. The van der Waals surface area contributed by atoms with Gasteiger partial charge in [-0.15, -0.1) is 0 Å². The highest BCUT2D eigenvalue weighted by Gasteiger charge is 2.44. The number of anilines is 1. The first-order valence-electron chi connectivity index (χ1n) is 6.63. The average molecular weight is 281 g/mol. The van der Waals surface area contributed by atoms with E-state index in [-0.39, 0.29) is 5.97 Å². The molecule has 2 fully saturated rings. The van der Waals surface area contributed by atoms with E-state index in [2.05, 4.69) is 9.88 Å². The Morgan fingerprint density at radius 1 is 1.32 bits per heavy atom. The van der Waals surface area contributed by atoms with Crippen molar-refractivity contribution in [1.82, 2.24) is 4.98 Å². The summed E-state index contributed by atoms with van der Waals surface area (Å²) in [4.78, 5) is 18.3. The van der Waals surface area contributed by atoms with Crippen molar-refractivity contribution in [1.29, 1.82) is 0 Å². The maximum absolute atomic E-state index is 11.8. The predicted molar refractivity (Wildman–Crippen MR) is 73.7 cm³/mol.